The van der Waals surface area contributed by atoms with Crippen molar-refractivity contribution in [1.29, 1.82) is 0 Å². The maximum atomic E-state index is 12.8. The van der Waals surface area contributed by atoms with E-state index >= 15 is 0 Å². The number of rotatable bonds is 6. The van der Waals surface area contributed by atoms with Crippen LogP contribution < -0.4 is 10.1 Å². The molecular weight excluding hydrogens is 434 g/mol. The smallest absolute Gasteiger partial charge is 0.224 e. The first-order valence-corrected chi connectivity index (χ1v) is 14.4. The monoisotopic (exact) mass is 481 g/mol. The highest BCUT2D eigenvalue weighted by Crippen LogP contribution is 2.68. The number of amides is 1. The first-order valence-electron chi connectivity index (χ1n) is 14.4. The highest BCUT2D eigenvalue weighted by atomic mass is 16.5. The first kappa shape index (κ1) is 25.1. The van der Waals surface area contributed by atoms with Crippen LogP contribution in [0.4, 0.5) is 5.69 Å². The molecule has 4 nitrogen and oxygen atoms in total. The summed E-state index contributed by atoms with van der Waals surface area (Å²) in [5, 5.41) is 13.4. The molecule has 1 aromatic rings. The minimum absolute atomic E-state index is 0.0598. The third kappa shape index (κ3) is 4.43. The lowest BCUT2D eigenvalue weighted by Gasteiger charge is -2.61. The zero-order valence-electron chi connectivity index (χ0n) is 22.4. The van der Waals surface area contributed by atoms with Gasteiger partial charge in [0.15, 0.2) is 0 Å². The Morgan fingerprint density at radius 3 is 2.60 bits per heavy atom. The van der Waals surface area contributed by atoms with Crippen LogP contribution in [0.25, 0.3) is 0 Å². The van der Waals surface area contributed by atoms with Crippen molar-refractivity contribution in [2.75, 3.05) is 12.4 Å². The van der Waals surface area contributed by atoms with E-state index < -0.39 is 0 Å². The number of carbonyl (C=O) groups is 1. The quantitative estimate of drug-likeness (QED) is 0.457. The van der Waals surface area contributed by atoms with Crippen molar-refractivity contribution >= 4 is 11.6 Å². The topological polar surface area (TPSA) is 58.6 Å². The second-order valence-electron chi connectivity index (χ2n) is 13.1. The summed E-state index contributed by atoms with van der Waals surface area (Å²) in [6, 6.07) is 7.65. The fraction of sp³-hybridized carbons (Fsp3) is 0.774. The van der Waals surface area contributed by atoms with E-state index in [9.17, 15) is 9.90 Å². The molecule has 35 heavy (non-hydrogen) atoms. The van der Waals surface area contributed by atoms with Gasteiger partial charge in [-0.3, -0.25) is 4.79 Å². The van der Waals surface area contributed by atoms with Crippen LogP contribution in [-0.4, -0.2) is 24.2 Å². The standard InChI is InChI=1S/C31H47NO3/c1-20(9-14-29(34)32-27-7-5-6-8-28(27)35-4)24-12-13-25-23-11-10-21-19-22(33)15-17-30(21,2)26(23)16-18-31(24,25)3/h5-8,20-26,33H,9-19H2,1-4H3,(H,32,34)/t20-,21?,22-,23?,24-,25?,26?,30?,31?/m1/s1. The Kier molecular flexibility index (Phi) is 6.98. The highest BCUT2D eigenvalue weighted by Gasteiger charge is 2.60. The van der Waals surface area contributed by atoms with Gasteiger partial charge in [0.05, 0.1) is 18.9 Å². The molecule has 9 atom stereocenters. The SMILES string of the molecule is COc1ccccc1NC(=O)CC[C@@H](C)[C@H]1CCC2C3CCC4C[C@H](O)CCC4(C)C3CCC21C. The van der Waals surface area contributed by atoms with Gasteiger partial charge in [-0.2, -0.15) is 0 Å². The van der Waals surface area contributed by atoms with Crippen molar-refractivity contribution in [2.24, 2.45) is 46.3 Å². The van der Waals surface area contributed by atoms with E-state index in [1.807, 2.05) is 24.3 Å². The van der Waals surface area contributed by atoms with Crippen molar-refractivity contribution in [2.45, 2.75) is 97.5 Å². The second kappa shape index (κ2) is 9.72. The van der Waals surface area contributed by atoms with Gasteiger partial charge in [0.25, 0.3) is 0 Å². The van der Waals surface area contributed by atoms with Crippen molar-refractivity contribution in [3.8, 4) is 5.75 Å². The molecule has 4 aliphatic carbocycles. The zero-order chi connectivity index (χ0) is 24.8. The molecule has 4 heteroatoms. The number of carbonyl (C=O) groups excluding carboxylic acids is 1. The number of hydrogen-bond donors (Lipinski definition) is 2. The van der Waals surface area contributed by atoms with Gasteiger partial charge in [0.2, 0.25) is 5.91 Å². The largest absolute Gasteiger partial charge is 0.495 e. The molecule has 4 fully saturated rings. The predicted octanol–water partition coefficient (Wildman–Crippen LogP) is 7.07. The molecule has 1 aromatic carbocycles. The highest BCUT2D eigenvalue weighted by molar-refractivity contribution is 5.92. The summed E-state index contributed by atoms with van der Waals surface area (Å²) < 4.78 is 5.39. The molecule has 1 amide bonds. The number of nitrogens with one attached hydrogen (secondary N) is 1. The molecule has 6 unspecified atom stereocenters. The molecule has 4 saturated carbocycles. The Morgan fingerprint density at radius 2 is 1.80 bits per heavy atom. The summed E-state index contributed by atoms with van der Waals surface area (Å²) in [5.41, 5.74) is 1.64. The van der Waals surface area contributed by atoms with Gasteiger partial charge in [-0.15, -0.1) is 0 Å². The molecule has 0 aromatic heterocycles. The molecule has 0 spiro atoms. The minimum atomic E-state index is -0.0598. The first-order chi connectivity index (χ1) is 16.8. The number of aliphatic hydroxyl groups is 1. The molecule has 0 aliphatic heterocycles. The van der Waals surface area contributed by atoms with Crippen LogP contribution in [0.5, 0.6) is 5.75 Å². The fourth-order valence-electron chi connectivity index (χ4n) is 9.73. The molecule has 2 N–H and O–H groups in total. The molecule has 194 valence electrons. The number of benzene rings is 1. The van der Waals surface area contributed by atoms with Crippen molar-refractivity contribution < 1.29 is 14.6 Å². The zero-order valence-corrected chi connectivity index (χ0v) is 22.4. The summed E-state index contributed by atoms with van der Waals surface area (Å²) >= 11 is 0. The number of para-hydroxylation sites is 2. The van der Waals surface area contributed by atoms with Crippen LogP contribution in [0.2, 0.25) is 0 Å². The lowest BCUT2D eigenvalue weighted by molar-refractivity contribution is -0.129. The average molecular weight is 482 g/mol. The van der Waals surface area contributed by atoms with Crippen molar-refractivity contribution in [3.63, 3.8) is 0 Å². The predicted molar refractivity (Wildman–Crippen MR) is 141 cm³/mol. The maximum absolute atomic E-state index is 12.8. The van der Waals surface area contributed by atoms with Crippen molar-refractivity contribution in [1.82, 2.24) is 0 Å². The van der Waals surface area contributed by atoms with E-state index in [-0.39, 0.29) is 12.0 Å². The van der Waals surface area contributed by atoms with Gasteiger partial charge >= 0.3 is 0 Å². The van der Waals surface area contributed by atoms with E-state index in [0.717, 1.165) is 54.5 Å². The number of fused-ring (bicyclic) bond motifs is 5. The number of aliphatic hydroxyl groups excluding tert-OH is 1. The number of anilines is 1. The molecule has 0 saturated heterocycles. The Bertz CT molecular complexity index is 916. The van der Waals surface area contributed by atoms with Gasteiger partial charge in [-0.25, -0.2) is 0 Å². The summed E-state index contributed by atoms with van der Waals surface area (Å²) in [6.07, 6.45) is 12.9. The van der Waals surface area contributed by atoms with Crippen LogP contribution in [-0.2, 0) is 4.79 Å². The van der Waals surface area contributed by atoms with E-state index in [0.29, 0.717) is 28.9 Å². The van der Waals surface area contributed by atoms with Gasteiger partial charge in [0, 0.05) is 6.42 Å². The lowest BCUT2D eigenvalue weighted by atomic mass is 9.44. The van der Waals surface area contributed by atoms with Gasteiger partial charge in [0.1, 0.15) is 5.75 Å². The van der Waals surface area contributed by atoms with E-state index in [4.69, 9.17) is 4.74 Å². The molecule has 5 rings (SSSR count). The van der Waals surface area contributed by atoms with Gasteiger partial charge < -0.3 is 15.2 Å². The molecule has 0 radical (unpaired) electrons. The summed E-state index contributed by atoms with van der Waals surface area (Å²) in [7, 11) is 1.64. The minimum Gasteiger partial charge on any atom is -0.495 e. The fourth-order valence-corrected chi connectivity index (χ4v) is 9.73. The molecule has 4 aliphatic rings. The Morgan fingerprint density at radius 1 is 1.06 bits per heavy atom. The third-order valence-electron chi connectivity index (χ3n) is 11.6. The molecule has 0 heterocycles. The average Bonchev–Trinajstić information content (AvgIpc) is 3.20. The molecule has 0 bridgehead atoms. The number of hydrogen-bond acceptors (Lipinski definition) is 3. The van der Waals surface area contributed by atoms with Crippen LogP contribution in [0.15, 0.2) is 24.3 Å². The van der Waals surface area contributed by atoms with E-state index in [1.165, 1.54) is 44.9 Å². The molecular formula is C31H47NO3. The van der Waals surface area contributed by atoms with E-state index in [1.54, 1.807) is 7.11 Å². The lowest BCUT2D eigenvalue weighted by Crippen LogP contribution is -2.54. The Labute approximate surface area is 212 Å². The van der Waals surface area contributed by atoms with Crippen LogP contribution in [0, 0.1) is 46.3 Å². The van der Waals surface area contributed by atoms with Crippen LogP contribution in [0.1, 0.15) is 91.4 Å². The summed E-state index contributed by atoms with van der Waals surface area (Å²) in [4.78, 5) is 12.8. The Balaban J connectivity index is 1.21. The summed E-state index contributed by atoms with van der Waals surface area (Å²) in [6.45, 7) is 7.59. The van der Waals surface area contributed by atoms with Crippen LogP contribution in [0.3, 0.4) is 0 Å². The van der Waals surface area contributed by atoms with Gasteiger partial charge in [-0.1, -0.05) is 32.9 Å². The number of methoxy groups -OCH3 is 1. The summed E-state index contributed by atoms with van der Waals surface area (Å²) in [5.74, 6) is 5.41. The van der Waals surface area contributed by atoms with Crippen LogP contribution >= 0.6 is 0 Å². The van der Waals surface area contributed by atoms with E-state index in [2.05, 4.69) is 26.1 Å². The van der Waals surface area contributed by atoms with Crippen molar-refractivity contribution in [3.05, 3.63) is 24.3 Å². The normalized spacial score (nSPS) is 41.3. The number of ether oxygens (including phenoxy) is 1. The second-order valence-corrected chi connectivity index (χ2v) is 13.1. The van der Waals surface area contributed by atoms with Gasteiger partial charge in [-0.05, 0) is 123 Å². The maximum Gasteiger partial charge on any atom is 0.224 e. The Hall–Kier alpha value is -1.55. The third-order valence-corrected chi connectivity index (χ3v) is 11.6.